The summed E-state index contributed by atoms with van der Waals surface area (Å²) in [5.74, 6) is -0.788. The van der Waals surface area contributed by atoms with Gasteiger partial charge in [0.25, 0.3) is 0 Å². The number of hydrogen-bond acceptors (Lipinski definition) is 3. The SMILES string of the molecule is CCC(C)N(CCN)CC(=O)O. The van der Waals surface area contributed by atoms with Crippen LogP contribution in [0.4, 0.5) is 0 Å². The highest BCUT2D eigenvalue weighted by atomic mass is 16.4. The molecule has 0 aliphatic rings. The minimum atomic E-state index is -0.788. The summed E-state index contributed by atoms with van der Waals surface area (Å²) in [4.78, 5) is 12.3. The van der Waals surface area contributed by atoms with Crippen molar-refractivity contribution >= 4 is 5.97 Å². The molecule has 0 aliphatic carbocycles. The molecule has 0 spiro atoms. The van der Waals surface area contributed by atoms with Gasteiger partial charge in [0.15, 0.2) is 0 Å². The molecule has 0 saturated carbocycles. The maximum atomic E-state index is 10.4. The molecule has 0 fully saturated rings. The van der Waals surface area contributed by atoms with E-state index in [1.165, 1.54) is 0 Å². The van der Waals surface area contributed by atoms with Crippen molar-refractivity contribution in [3.8, 4) is 0 Å². The van der Waals surface area contributed by atoms with Gasteiger partial charge in [-0.05, 0) is 13.3 Å². The van der Waals surface area contributed by atoms with Crippen LogP contribution in [0.1, 0.15) is 20.3 Å². The van der Waals surface area contributed by atoms with Crippen LogP contribution in [0.3, 0.4) is 0 Å². The van der Waals surface area contributed by atoms with Crippen LogP contribution < -0.4 is 5.73 Å². The quantitative estimate of drug-likeness (QED) is 0.600. The van der Waals surface area contributed by atoms with Crippen molar-refractivity contribution in [1.29, 1.82) is 0 Å². The van der Waals surface area contributed by atoms with Crippen LogP contribution >= 0.6 is 0 Å². The lowest BCUT2D eigenvalue weighted by Gasteiger charge is -2.25. The van der Waals surface area contributed by atoms with Gasteiger partial charge in [0, 0.05) is 19.1 Å². The van der Waals surface area contributed by atoms with E-state index >= 15 is 0 Å². The molecule has 3 N–H and O–H groups in total. The molecule has 0 aromatic heterocycles. The maximum Gasteiger partial charge on any atom is 0.317 e. The fourth-order valence-corrected chi connectivity index (χ4v) is 1.05. The minimum absolute atomic E-state index is 0.0895. The topological polar surface area (TPSA) is 66.6 Å². The van der Waals surface area contributed by atoms with E-state index in [0.29, 0.717) is 19.1 Å². The van der Waals surface area contributed by atoms with Gasteiger partial charge in [-0.1, -0.05) is 6.92 Å². The van der Waals surface area contributed by atoms with Crippen LogP contribution in [0.2, 0.25) is 0 Å². The van der Waals surface area contributed by atoms with Crippen LogP contribution in [0, 0.1) is 0 Å². The van der Waals surface area contributed by atoms with Gasteiger partial charge < -0.3 is 10.8 Å². The summed E-state index contributed by atoms with van der Waals surface area (Å²) >= 11 is 0. The fraction of sp³-hybridized carbons (Fsp3) is 0.875. The van der Waals surface area contributed by atoms with E-state index in [9.17, 15) is 4.79 Å². The zero-order chi connectivity index (χ0) is 9.56. The Morgan fingerprint density at radius 1 is 1.67 bits per heavy atom. The first kappa shape index (κ1) is 11.4. The molecule has 0 saturated heterocycles. The average Bonchev–Trinajstić information content (AvgIpc) is 2.01. The summed E-state index contributed by atoms with van der Waals surface area (Å²) in [7, 11) is 0. The third-order valence-corrected chi connectivity index (χ3v) is 1.97. The standard InChI is InChI=1S/C8H18N2O2/c1-3-7(2)10(5-4-9)6-8(11)12/h7H,3-6,9H2,1-2H3,(H,11,12). The largest absolute Gasteiger partial charge is 0.480 e. The Morgan fingerprint density at radius 3 is 2.58 bits per heavy atom. The summed E-state index contributed by atoms with van der Waals surface area (Å²) in [6.45, 7) is 5.31. The van der Waals surface area contributed by atoms with Crippen molar-refractivity contribution in [2.24, 2.45) is 5.73 Å². The second kappa shape index (κ2) is 5.97. The van der Waals surface area contributed by atoms with E-state index in [2.05, 4.69) is 0 Å². The first-order chi connectivity index (χ1) is 5.61. The number of carboxylic acid groups (broad SMARTS) is 1. The van der Waals surface area contributed by atoms with Gasteiger partial charge in [-0.25, -0.2) is 0 Å². The predicted molar refractivity (Wildman–Crippen MR) is 48.0 cm³/mol. The Bertz CT molecular complexity index is 139. The van der Waals surface area contributed by atoms with E-state index in [0.717, 1.165) is 6.42 Å². The van der Waals surface area contributed by atoms with E-state index in [1.807, 2.05) is 18.7 Å². The van der Waals surface area contributed by atoms with Gasteiger partial charge in [-0.15, -0.1) is 0 Å². The van der Waals surface area contributed by atoms with Crippen LogP contribution in [-0.4, -0.2) is 41.7 Å². The molecule has 0 amide bonds. The number of carboxylic acids is 1. The van der Waals surface area contributed by atoms with Gasteiger partial charge in [0.1, 0.15) is 0 Å². The Morgan fingerprint density at radius 2 is 2.25 bits per heavy atom. The van der Waals surface area contributed by atoms with Crippen molar-refractivity contribution in [1.82, 2.24) is 4.90 Å². The summed E-state index contributed by atoms with van der Waals surface area (Å²) in [6, 6.07) is 0.296. The average molecular weight is 174 g/mol. The first-order valence-corrected chi connectivity index (χ1v) is 4.27. The second-order valence-electron chi connectivity index (χ2n) is 2.91. The zero-order valence-electron chi connectivity index (χ0n) is 7.79. The van der Waals surface area contributed by atoms with E-state index < -0.39 is 5.97 Å². The molecule has 4 nitrogen and oxygen atoms in total. The highest BCUT2D eigenvalue weighted by molar-refractivity contribution is 5.69. The molecule has 1 atom stereocenters. The molecule has 0 aliphatic heterocycles. The van der Waals surface area contributed by atoms with Gasteiger partial charge in [-0.2, -0.15) is 0 Å². The van der Waals surface area contributed by atoms with E-state index in [1.54, 1.807) is 0 Å². The van der Waals surface area contributed by atoms with E-state index in [4.69, 9.17) is 10.8 Å². The van der Waals surface area contributed by atoms with Crippen LogP contribution in [0.25, 0.3) is 0 Å². The van der Waals surface area contributed by atoms with E-state index in [-0.39, 0.29) is 6.54 Å². The molecule has 12 heavy (non-hydrogen) atoms. The Hall–Kier alpha value is -0.610. The van der Waals surface area contributed by atoms with Crippen molar-refractivity contribution < 1.29 is 9.90 Å². The Balaban J connectivity index is 3.93. The number of rotatable bonds is 6. The molecule has 1 unspecified atom stereocenters. The lowest BCUT2D eigenvalue weighted by Crippen LogP contribution is -2.40. The maximum absolute atomic E-state index is 10.4. The van der Waals surface area contributed by atoms with Gasteiger partial charge in [-0.3, -0.25) is 9.69 Å². The van der Waals surface area contributed by atoms with Gasteiger partial charge in [0.05, 0.1) is 6.54 Å². The molecule has 4 heteroatoms. The Labute approximate surface area is 73.3 Å². The third kappa shape index (κ3) is 4.31. The summed E-state index contributed by atoms with van der Waals surface area (Å²) < 4.78 is 0. The number of carbonyl (C=O) groups is 1. The predicted octanol–water partition coefficient (Wildman–Crippen LogP) is 0.130. The number of nitrogens with two attached hydrogens (primary N) is 1. The van der Waals surface area contributed by atoms with Crippen LogP contribution in [0.5, 0.6) is 0 Å². The minimum Gasteiger partial charge on any atom is -0.480 e. The molecular formula is C8H18N2O2. The molecule has 0 radical (unpaired) electrons. The molecule has 72 valence electrons. The molecule has 0 rings (SSSR count). The monoisotopic (exact) mass is 174 g/mol. The normalized spacial score (nSPS) is 13.3. The highest BCUT2D eigenvalue weighted by Crippen LogP contribution is 2.01. The number of hydrogen-bond donors (Lipinski definition) is 2. The number of nitrogens with zero attached hydrogens (tertiary/aromatic N) is 1. The van der Waals surface area contributed by atoms with Crippen molar-refractivity contribution in [2.75, 3.05) is 19.6 Å². The smallest absolute Gasteiger partial charge is 0.317 e. The summed E-state index contributed by atoms with van der Waals surface area (Å²) in [6.07, 6.45) is 0.952. The molecule has 0 aromatic carbocycles. The Kier molecular flexibility index (Phi) is 5.66. The van der Waals surface area contributed by atoms with Crippen molar-refractivity contribution in [2.45, 2.75) is 26.3 Å². The van der Waals surface area contributed by atoms with Gasteiger partial charge in [0.2, 0.25) is 0 Å². The molecule has 0 aromatic rings. The van der Waals surface area contributed by atoms with Crippen LogP contribution in [-0.2, 0) is 4.79 Å². The van der Waals surface area contributed by atoms with Gasteiger partial charge >= 0.3 is 5.97 Å². The van der Waals surface area contributed by atoms with Crippen LogP contribution in [0.15, 0.2) is 0 Å². The second-order valence-corrected chi connectivity index (χ2v) is 2.91. The highest BCUT2D eigenvalue weighted by Gasteiger charge is 2.13. The number of aliphatic carboxylic acids is 1. The van der Waals surface area contributed by atoms with Crippen molar-refractivity contribution in [3.63, 3.8) is 0 Å². The lowest BCUT2D eigenvalue weighted by atomic mass is 10.2. The summed E-state index contributed by atoms with van der Waals surface area (Å²) in [5.41, 5.74) is 5.36. The molecular weight excluding hydrogens is 156 g/mol. The lowest BCUT2D eigenvalue weighted by molar-refractivity contribution is -0.138. The first-order valence-electron chi connectivity index (χ1n) is 4.27. The third-order valence-electron chi connectivity index (χ3n) is 1.97. The fourth-order valence-electron chi connectivity index (χ4n) is 1.05. The van der Waals surface area contributed by atoms with Crippen molar-refractivity contribution in [3.05, 3.63) is 0 Å². The molecule has 0 bridgehead atoms. The molecule has 0 heterocycles. The zero-order valence-corrected chi connectivity index (χ0v) is 7.79. The summed E-state index contributed by atoms with van der Waals surface area (Å²) in [5, 5.41) is 8.57.